The van der Waals surface area contributed by atoms with Crippen molar-refractivity contribution in [3.05, 3.63) is 87.0 Å². The summed E-state index contributed by atoms with van der Waals surface area (Å²) in [5.41, 5.74) is 1.86. The molecular formula is C27H22BrFN2O6S. The van der Waals surface area contributed by atoms with Crippen molar-refractivity contribution in [2.45, 2.75) is 6.61 Å². The van der Waals surface area contributed by atoms with Gasteiger partial charge >= 0.3 is 0 Å². The van der Waals surface area contributed by atoms with Crippen molar-refractivity contribution < 1.29 is 33.0 Å². The second-order valence-corrected chi connectivity index (χ2v) is 9.83. The summed E-state index contributed by atoms with van der Waals surface area (Å²) < 4.78 is 30.1. The van der Waals surface area contributed by atoms with Crippen LogP contribution in [0, 0.1) is 5.82 Å². The maximum Gasteiger partial charge on any atom is 0.294 e. The van der Waals surface area contributed by atoms with Crippen LogP contribution < -0.4 is 19.5 Å². The van der Waals surface area contributed by atoms with Crippen LogP contribution in [0.5, 0.6) is 17.2 Å². The molecule has 4 rings (SSSR count). The molecule has 0 saturated carbocycles. The number of ether oxygens (including phenoxy) is 3. The van der Waals surface area contributed by atoms with Gasteiger partial charge in [-0.2, -0.15) is 0 Å². The van der Waals surface area contributed by atoms with E-state index in [0.29, 0.717) is 33.0 Å². The van der Waals surface area contributed by atoms with Crippen LogP contribution >= 0.6 is 27.7 Å². The van der Waals surface area contributed by atoms with Crippen LogP contribution in [0.4, 0.5) is 14.9 Å². The number of hydrogen-bond donors (Lipinski definition) is 1. The first-order valence-electron chi connectivity index (χ1n) is 11.2. The maximum atomic E-state index is 13.1. The summed E-state index contributed by atoms with van der Waals surface area (Å²) in [6, 6.07) is 16.0. The van der Waals surface area contributed by atoms with Gasteiger partial charge in [0.15, 0.2) is 11.5 Å². The largest absolute Gasteiger partial charge is 0.497 e. The van der Waals surface area contributed by atoms with Crippen LogP contribution in [0.3, 0.4) is 0 Å². The second-order valence-electron chi connectivity index (χ2n) is 7.98. The average Bonchev–Trinajstić information content (AvgIpc) is 3.17. The van der Waals surface area contributed by atoms with E-state index >= 15 is 0 Å². The molecule has 0 atom stereocenters. The number of carbonyl (C=O) groups excluding carboxylic acids is 3. The molecule has 1 fully saturated rings. The Bertz CT molecular complexity index is 1400. The molecular weight excluding hydrogens is 579 g/mol. The lowest BCUT2D eigenvalue weighted by Crippen LogP contribution is -2.36. The third-order valence-electron chi connectivity index (χ3n) is 5.43. The van der Waals surface area contributed by atoms with Gasteiger partial charge in [0.2, 0.25) is 5.91 Å². The minimum absolute atomic E-state index is 0.162. The van der Waals surface area contributed by atoms with E-state index in [0.717, 1.165) is 22.2 Å². The van der Waals surface area contributed by atoms with E-state index in [4.69, 9.17) is 14.2 Å². The highest BCUT2D eigenvalue weighted by atomic mass is 79.9. The maximum absolute atomic E-state index is 13.1. The molecule has 0 unspecified atom stereocenters. The molecule has 0 bridgehead atoms. The Morgan fingerprint density at radius 2 is 1.74 bits per heavy atom. The third-order valence-corrected chi connectivity index (χ3v) is 7.02. The van der Waals surface area contributed by atoms with Gasteiger partial charge in [0.25, 0.3) is 11.1 Å². The SMILES string of the molecule is COc1ccc(NC(=O)CN2C(=O)S/C(=C/c3cc(OC)c(OCc4ccc(F)cc4)cc3Br)C2=O)cc1. The normalized spacial score (nSPS) is 14.1. The van der Waals surface area contributed by atoms with Gasteiger partial charge in [-0.25, -0.2) is 4.39 Å². The Labute approximate surface area is 230 Å². The lowest BCUT2D eigenvalue weighted by Gasteiger charge is -2.13. The molecule has 0 aliphatic carbocycles. The van der Waals surface area contributed by atoms with Crippen LogP contribution in [0.15, 0.2) is 70.0 Å². The van der Waals surface area contributed by atoms with Gasteiger partial charge in [0.05, 0.1) is 19.1 Å². The van der Waals surface area contributed by atoms with Crippen LogP contribution in [0.2, 0.25) is 0 Å². The standard InChI is InChI=1S/C27H22BrFN2O6S/c1-35-20-9-7-19(8-10-20)30-25(32)14-31-26(33)24(38-27(31)34)12-17-11-22(36-2)23(13-21(17)28)37-15-16-3-5-18(29)6-4-16/h3-13H,14-15H2,1-2H3,(H,30,32)/b24-12+. The lowest BCUT2D eigenvalue weighted by atomic mass is 10.1. The lowest BCUT2D eigenvalue weighted by molar-refractivity contribution is -0.127. The minimum atomic E-state index is -0.576. The highest BCUT2D eigenvalue weighted by molar-refractivity contribution is 9.10. The molecule has 1 saturated heterocycles. The van der Waals surface area contributed by atoms with Crippen molar-refractivity contribution in [1.82, 2.24) is 4.90 Å². The van der Waals surface area contributed by atoms with E-state index in [1.54, 1.807) is 54.6 Å². The van der Waals surface area contributed by atoms with Crippen molar-refractivity contribution in [3.8, 4) is 17.2 Å². The number of methoxy groups -OCH3 is 2. The monoisotopic (exact) mass is 600 g/mol. The fraction of sp³-hybridized carbons (Fsp3) is 0.148. The zero-order chi connectivity index (χ0) is 27.2. The van der Waals surface area contributed by atoms with Crippen molar-refractivity contribution in [2.75, 3.05) is 26.1 Å². The summed E-state index contributed by atoms with van der Waals surface area (Å²) in [6.07, 6.45) is 1.54. The predicted molar refractivity (Wildman–Crippen MR) is 146 cm³/mol. The van der Waals surface area contributed by atoms with Crippen LogP contribution in [0.1, 0.15) is 11.1 Å². The molecule has 3 aromatic rings. The van der Waals surface area contributed by atoms with Gasteiger partial charge in [-0.1, -0.05) is 28.1 Å². The Balaban J connectivity index is 1.45. The van der Waals surface area contributed by atoms with Gasteiger partial charge in [-0.05, 0) is 77.5 Å². The molecule has 196 valence electrons. The quantitative estimate of drug-likeness (QED) is 0.307. The number of amides is 3. The van der Waals surface area contributed by atoms with Gasteiger partial charge in [0, 0.05) is 10.2 Å². The zero-order valence-electron chi connectivity index (χ0n) is 20.3. The number of hydrogen-bond acceptors (Lipinski definition) is 7. The summed E-state index contributed by atoms with van der Waals surface area (Å²) in [5.74, 6) is 0.0514. The van der Waals surface area contributed by atoms with Crippen molar-refractivity contribution in [1.29, 1.82) is 0 Å². The van der Waals surface area contributed by atoms with Crippen LogP contribution in [0.25, 0.3) is 6.08 Å². The molecule has 1 heterocycles. The summed E-state index contributed by atoms with van der Waals surface area (Å²) in [5, 5.41) is 2.11. The summed E-state index contributed by atoms with van der Waals surface area (Å²) in [4.78, 5) is 39.0. The van der Waals surface area contributed by atoms with Crippen LogP contribution in [-0.2, 0) is 16.2 Å². The van der Waals surface area contributed by atoms with Crippen molar-refractivity contribution in [2.24, 2.45) is 0 Å². The van der Waals surface area contributed by atoms with Crippen molar-refractivity contribution in [3.63, 3.8) is 0 Å². The van der Waals surface area contributed by atoms with Gasteiger partial charge in [0.1, 0.15) is 24.7 Å². The van der Waals surface area contributed by atoms with E-state index < -0.39 is 23.6 Å². The Morgan fingerprint density at radius 1 is 1.03 bits per heavy atom. The number of halogens is 2. The molecule has 3 aromatic carbocycles. The molecule has 1 N–H and O–H groups in total. The molecule has 0 spiro atoms. The smallest absolute Gasteiger partial charge is 0.294 e. The number of carbonyl (C=O) groups is 3. The molecule has 1 aliphatic heterocycles. The summed E-state index contributed by atoms with van der Waals surface area (Å²) in [6.45, 7) is -0.228. The molecule has 38 heavy (non-hydrogen) atoms. The van der Waals surface area contributed by atoms with Gasteiger partial charge in [-0.3, -0.25) is 19.3 Å². The molecule has 8 nitrogen and oxygen atoms in total. The molecule has 0 aromatic heterocycles. The van der Waals surface area contributed by atoms with Crippen LogP contribution in [-0.4, -0.2) is 42.7 Å². The Morgan fingerprint density at radius 3 is 2.39 bits per heavy atom. The van der Waals surface area contributed by atoms with E-state index in [1.165, 1.54) is 26.4 Å². The number of nitrogens with one attached hydrogen (secondary N) is 1. The molecule has 3 amide bonds. The zero-order valence-corrected chi connectivity index (χ0v) is 22.7. The van der Waals surface area contributed by atoms with E-state index in [1.807, 2.05) is 0 Å². The Kier molecular flexibility index (Phi) is 8.70. The average molecular weight is 601 g/mol. The highest BCUT2D eigenvalue weighted by Gasteiger charge is 2.36. The second kappa shape index (κ2) is 12.1. The number of rotatable bonds is 9. The predicted octanol–water partition coefficient (Wildman–Crippen LogP) is 5.86. The molecule has 11 heteroatoms. The topological polar surface area (TPSA) is 94.2 Å². The number of thioether (sulfide) groups is 1. The summed E-state index contributed by atoms with van der Waals surface area (Å²) in [7, 11) is 3.01. The van der Waals surface area contributed by atoms with E-state index in [9.17, 15) is 18.8 Å². The highest BCUT2D eigenvalue weighted by Crippen LogP contribution is 2.38. The molecule has 1 aliphatic rings. The van der Waals surface area contributed by atoms with E-state index in [2.05, 4.69) is 21.2 Å². The number of imide groups is 1. The fourth-order valence-electron chi connectivity index (χ4n) is 3.47. The number of nitrogens with zero attached hydrogens (tertiary/aromatic N) is 1. The third kappa shape index (κ3) is 6.53. The first-order chi connectivity index (χ1) is 18.3. The molecule has 0 radical (unpaired) electrons. The van der Waals surface area contributed by atoms with Crippen molar-refractivity contribution >= 4 is 56.5 Å². The minimum Gasteiger partial charge on any atom is -0.497 e. The van der Waals surface area contributed by atoms with Gasteiger partial charge in [-0.15, -0.1) is 0 Å². The fourth-order valence-corrected chi connectivity index (χ4v) is 4.74. The summed E-state index contributed by atoms with van der Waals surface area (Å²) >= 11 is 4.21. The van der Waals surface area contributed by atoms with Gasteiger partial charge < -0.3 is 19.5 Å². The first-order valence-corrected chi connectivity index (χ1v) is 12.8. The Hall–Kier alpha value is -3.83. The number of anilines is 1. The first kappa shape index (κ1) is 27.2. The number of benzene rings is 3. The van der Waals surface area contributed by atoms with E-state index in [-0.39, 0.29) is 17.3 Å².